The molecule has 0 bridgehead atoms. The Morgan fingerprint density at radius 1 is 1.03 bits per heavy atom. The second kappa shape index (κ2) is 8.24. The van der Waals surface area contributed by atoms with Crippen LogP contribution in [0.4, 0.5) is 5.69 Å². The van der Waals surface area contributed by atoms with E-state index in [9.17, 15) is 9.59 Å². The van der Waals surface area contributed by atoms with Crippen LogP contribution in [0.3, 0.4) is 0 Å². The van der Waals surface area contributed by atoms with Crippen molar-refractivity contribution >= 4 is 17.5 Å². The highest BCUT2D eigenvalue weighted by Gasteiger charge is 2.22. The van der Waals surface area contributed by atoms with Crippen LogP contribution in [0.1, 0.15) is 26.4 Å². The van der Waals surface area contributed by atoms with Crippen molar-refractivity contribution in [3.63, 3.8) is 0 Å². The molecule has 1 aliphatic heterocycles. The van der Waals surface area contributed by atoms with Gasteiger partial charge in [-0.05, 0) is 36.8 Å². The first-order valence-electron chi connectivity index (χ1n) is 9.39. The number of benzene rings is 2. The third-order valence-corrected chi connectivity index (χ3v) is 4.86. The molecule has 29 heavy (non-hydrogen) atoms. The molecule has 8 nitrogen and oxygen atoms in total. The number of ether oxygens (including phenoxy) is 1. The third-order valence-electron chi connectivity index (χ3n) is 4.86. The SMILES string of the molecule is Cc1c(NC(=O)c2cn(-c3ccccc3)nn2)cccc1C(=O)N1CCOCC1. The minimum atomic E-state index is -0.383. The molecule has 0 atom stereocenters. The fraction of sp³-hybridized carbons (Fsp3) is 0.238. The molecular weight excluding hydrogens is 370 g/mol. The highest BCUT2D eigenvalue weighted by molar-refractivity contribution is 6.04. The number of carbonyl (C=O) groups excluding carboxylic acids is 2. The van der Waals surface area contributed by atoms with Crippen LogP contribution in [0.5, 0.6) is 0 Å². The van der Waals surface area contributed by atoms with Crippen LogP contribution in [0.25, 0.3) is 5.69 Å². The van der Waals surface area contributed by atoms with Crippen LogP contribution >= 0.6 is 0 Å². The summed E-state index contributed by atoms with van der Waals surface area (Å²) >= 11 is 0. The van der Waals surface area contributed by atoms with Crippen molar-refractivity contribution in [3.05, 3.63) is 71.5 Å². The second-order valence-electron chi connectivity index (χ2n) is 6.72. The number of hydrogen-bond acceptors (Lipinski definition) is 5. The van der Waals surface area contributed by atoms with Gasteiger partial charge < -0.3 is 15.0 Å². The molecule has 3 aromatic rings. The predicted molar refractivity (Wildman–Crippen MR) is 107 cm³/mol. The summed E-state index contributed by atoms with van der Waals surface area (Å²) < 4.78 is 6.85. The molecular formula is C21H21N5O3. The Hall–Kier alpha value is -3.52. The predicted octanol–water partition coefficient (Wildman–Crippen LogP) is 2.30. The van der Waals surface area contributed by atoms with Crippen molar-refractivity contribution in [1.29, 1.82) is 0 Å². The Morgan fingerprint density at radius 3 is 2.55 bits per heavy atom. The highest BCUT2D eigenvalue weighted by Crippen LogP contribution is 2.21. The normalized spacial score (nSPS) is 13.9. The standard InChI is InChI=1S/C21H21N5O3/c1-15-17(21(28)25-10-12-29-13-11-25)8-5-9-18(15)22-20(27)19-14-26(24-23-19)16-6-3-2-4-7-16/h2-9,14H,10-13H2,1H3,(H,22,27). The fourth-order valence-corrected chi connectivity index (χ4v) is 3.20. The topological polar surface area (TPSA) is 89.3 Å². The summed E-state index contributed by atoms with van der Waals surface area (Å²) in [6, 6.07) is 14.7. The Balaban J connectivity index is 1.52. The number of hydrogen-bond donors (Lipinski definition) is 1. The maximum Gasteiger partial charge on any atom is 0.277 e. The van der Waals surface area contributed by atoms with Crippen molar-refractivity contribution in [3.8, 4) is 5.69 Å². The lowest BCUT2D eigenvalue weighted by atomic mass is 10.0. The number of amides is 2. The summed E-state index contributed by atoms with van der Waals surface area (Å²) in [5.41, 5.74) is 2.86. The van der Waals surface area contributed by atoms with Gasteiger partial charge in [0.15, 0.2) is 5.69 Å². The van der Waals surface area contributed by atoms with Gasteiger partial charge in [0.25, 0.3) is 11.8 Å². The average molecular weight is 391 g/mol. The molecule has 0 spiro atoms. The molecule has 0 saturated carbocycles. The van der Waals surface area contributed by atoms with Crippen LogP contribution in [-0.4, -0.2) is 58.0 Å². The summed E-state index contributed by atoms with van der Waals surface area (Å²) in [4.78, 5) is 27.2. The van der Waals surface area contributed by atoms with E-state index in [-0.39, 0.29) is 17.5 Å². The molecule has 0 aliphatic carbocycles. The van der Waals surface area contributed by atoms with E-state index in [0.717, 1.165) is 5.69 Å². The van der Waals surface area contributed by atoms with Crippen LogP contribution in [0.2, 0.25) is 0 Å². The summed E-state index contributed by atoms with van der Waals surface area (Å²) in [6.07, 6.45) is 1.57. The van der Waals surface area contributed by atoms with Crippen molar-refractivity contribution in [1.82, 2.24) is 19.9 Å². The first kappa shape index (κ1) is 18.8. The van der Waals surface area contributed by atoms with E-state index in [4.69, 9.17) is 4.74 Å². The van der Waals surface area contributed by atoms with Crippen molar-refractivity contribution < 1.29 is 14.3 Å². The molecule has 8 heteroatoms. The zero-order valence-corrected chi connectivity index (χ0v) is 16.0. The van der Waals surface area contributed by atoms with E-state index in [1.54, 1.807) is 34.0 Å². The van der Waals surface area contributed by atoms with Crippen molar-refractivity contribution in [2.45, 2.75) is 6.92 Å². The minimum Gasteiger partial charge on any atom is -0.378 e. The second-order valence-corrected chi connectivity index (χ2v) is 6.72. The smallest absolute Gasteiger partial charge is 0.277 e. The van der Waals surface area contributed by atoms with Gasteiger partial charge in [0.1, 0.15) is 0 Å². The number of aromatic nitrogens is 3. The number of nitrogens with zero attached hydrogens (tertiary/aromatic N) is 4. The van der Waals surface area contributed by atoms with Crippen LogP contribution in [-0.2, 0) is 4.74 Å². The van der Waals surface area contributed by atoms with Gasteiger partial charge in [0.05, 0.1) is 25.1 Å². The van der Waals surface area contributed by atoms with Gasteiger partial charge in [-0.25, -0.2) is 4.68 Å². The Kier molecular flexibility index (Phi) is 5.35. The zero-order chi connectivity index (χ0) is 20.2. The Bertz CT molecular complexity index is 1030. The van der Waals surface area contributed by atoms with Gasteiger partial charge in [-0.1, -0.05) is 29.5 Å². The molecule has 2 aromatic carbocycles. The number of rotatable bonds is 4. The zero-order valence-electron chi connectivity index (χ0n) is 16.0. The minimum absolute atomic E-state index is 0.0584. The molecule has 1 saturated heterocycles. The lowest BCUT2D eigenvalue weighted by molar-refractivity contribution is 0.0302. The van der Waals surface area contributed by atoms with E-state index in [1.807, 2.05) is 37.3 Å². The van der Waals surface area contributed by atoms with E-state index >= 15 is 0 Å². The Labute approximate surface area is 168 Å². The van der Waals surface area contributed by atoms with Gasteiger partial charge in [-0.2, -0.15) is 0 Å². The largest absolute Gasteiger partial charge is 0.378 e. The molecule has 0 unspecified atom stereocenters. The lowest BCUT2D eigenvalue weighted by Crippen LogP contribution is -2.41. The van der Waals surface area contributed by atoms with E-state index < -0.39 is 0 Å². The Morgan fingerprint density at radius 2 is 1.79 bits per heavy atom. The molecule has 4 rings (SSSR count). The first-order valence-corrected chi connectivity index (χ1v) is 9.39. The number of anilines is 1. The summed E-state index contributed by atoms with van der Waals surface area (Å²) in [5, 5.41) is 10.8. The molecule has 2 heterocycles. The first-order chi connectivity index (χ1) is 14.1. The third kappa shape index (κ3) is 4.02. The number of carbonyl (C=O) groups is 2. The fourth-order valence-electron chi connectivity index (χ4n) is 3.20. The van der Waals surface area contributed by atoms with Crippen LogP contribution < -0.4 is 5.32 Å². The summed E-state index contributed by atoms with van der Waals surface area (Å²) in [5.74, 6) is -0.442. The van der Waals surface area contributed by atoms with Gasteiger partial charge >= 0.3 is 0 Å². The lowest BCUT2D eigenvalue weighted by Gasteiger charge is -2.27. The van der Waals surface area contributed by atoms with Crippen molar-refractivity contribution in [2.24, 2.45) is 0 Å². The highest BCUT2D eigenvalue weighted by atomic mass is 16.5. The van der Waals surface area contributed by atoms with E-state index in [1.165, 1.54) is 0 Å². The maximum atomic E-state index is 12.8. The number of morpholine rings is 1. The summed E-state index contributed by atoms with van der Waals surface area (Å²) in [7, 11) is 0. The van der Waals surface area contributed by atoms with Crippen LogP contribution in [0, 0.1) is 6.92 Å². The van der Waals surface area contributed by atoms with Gasteiger partial charge in [0.2, 0.25) is 0 Å². The monoisotopic (exact) mass is 391 g/mol. The maximum absolute atomic E-state index is 12.8. The molecule has 1 fully saturated rings. The van der Waals surface area contributed by atoms with E-state index in [2.05, 4.69) is 15.6 Å². The summed E-state index contributed by atoms with van der Waals surface area (Å²) in [6.45, 7) is 4.04. The number of para-hydroxylation sites is 1. The van der Waals surface area contributed by atoms with Gasteiger partial charge in [0, 0.05) is 24.3 Å². The number of nitrogens with one attached hydrogen (secondary N) is 1. The quantitative estimate of drug-likeness (QED) is 0.737. The molecule has 1 N–H and O–H groups in total. The van der Waals surface area contributed by atoms with E-state index in [0.29, 0.717) is 43.1 Å². The molecule has 2 amide bonds. The molecule has 0 radical (unpaired) electrons. The van der Waals surface area contributed by atoms with Crippen molar-refractivity contribution in [2.75, 3.05) is 31.6 Å². The average Bonchev–Trinajstić information content (AvgIpc) is 3.26. The molecule has 148 valence electrons. The van der Waals surface area contributed by atoms with Gasteiger partial charge in [-0.15, -0.1) is 5.10 Å². The molecule has 1 aromatic heterocycles. The van der Waals surface area contributed by atoms with Gasteiger partial charge in [-0.3, -0.25) is 9.59 Å². The molecule has 1 aliphatic rings. The van der Waals surface area contributed by atoms with Crippen LogP contribution in [0.15, 0.2) is 54.7 Å².